The second-order valence-corrected chi connectivity index (χ2v) is 7.02. The van der Waals surface area contributed by atoms with Crippen molar-refractivity contribution < 1.29 is 5.11 Å². The van der Waals surface area contributed by atoms with Gasteiger partial charge in [-0.2, -0.15) is 0 Å². The van der Waals surface area contributed by atoms with Crippen LogP contribution in [0.4, 0.5) is 5.69 Å². The lowest BCUT2D eigenvalue weighted by Crippen LogP contribution is -2.11. The van der Waals surface area contributed by atoms with Gasteiger partial charge in [-0.05, 0) is 71.6 Å². The van der Waals surface area contributed by atoms with Crippen molar-refractivity contribution >= 4 is 37.5 Å². The van der Waals surface area contributed by atoms with Gasteiger partial charge in [-0.15, -0.1) is 0 Å². The van der Waals surface area contributed by atoms with Crippen LogP contribution in [0.3, 0.4) is 0 Å². The maximum atomic E-state index is 10.1. The molecule has 0 aliphatic rings. The quantitative estimate of drug-likeness (QED) is 0.635. The normalized spacial score (nSPS) is 12.2. The lowest BCUT2D eigenvalue weighted by atomic mass is 10.0. The highest BCUT2D eigenvalue weighted by Gasteiger charge is 2.16. The first-order chi connectivity index (χ1) is 9.92. The van der Waals surface area contributed by atoms with E-state index in [1.807, 2.05) is 12.1 Å². The zero-order valence-electron chi connectivity index (χ0n) is 12.4. The Morgan fingerprint density at radius 1 is 1.14 bits per heavy atom. The third-order valence-electron chi connectivity index (χ3n) is 3.52. The van der Waals surface area contributed by atoms with Crippen molar-refractivity contribution in [2.45, 2.75) is 33.2 Å². The molecule has 2 rings (SSSR count). The molecule has 2 N–H and O–H groups in total. The van der Waals surface area contributed by atoms with E-state index in [4.69, 9.17) is 0 Å². The van der Waals surface area contributed by atoms with E-state index in [1.165, 1.54) is 11.1 Å². The summed E-state index contributed by atoms with van der Waals surface area (Å²) in [6, 6.07) is 9.84. The number of hydrogen-bond acceptors (Lipinski definition) is 2. The SMILES string of the molecule is CCC(Nc1c(C)cc(C)cc1Br)c1cc(Br)ccc1O. The van der Waals surface area contributed by atoms with Crippen LogP contribution in [0.1, 0.15) is 36.1 Å². The predicted molar refractivity (Wildman–Crippen MR) is 96.1 cm³/mol. The molecular formula is C17H19Br2NO. The van der Waals surface area contributed by atoms with E-state index in [2.05, 4.69) is 70.1 Å². The number of anilines is 1. The number of nitrogens with one attached hydrogen (secondary N) is 1. The van der Waals surface area contributed by atoms with Gasteiger partial charge in [-0.1, -0.05) is 28.9 Å². The molecule has 2 aromatic rings. The van der Waals surface area contributed by atoms with E-state index in [0.717, 1.165) is 26.6 Å². The fourth-order valence-electron chi connectivity index (χ4n) is 2.48. The number of rotatable bonds is 4. The molecule has 0 amide bonds. The molecule has 2 nitrogen and oxygen atoms in total. The first-order valence-corrected chi connectivity index (χ1v) is 8.52. The maximum absolute atomic E-state index is 10.1. The highest BCUT2D eigenvalue weighted by Crippen LogP contribution is 2.35. The van der Waals surface area contributed by atoms with Gasteiger partial charge < -0.3 is 10.4 Å². The molecule has 0 aromatic heterocycles. The van der Waals surface area contributed by atoms with Gasteiger partial charge in [0.05, 0.1) is 11.7 Å². The zero-order valence-corrected chi connectivity index (χ0v) is 15.5. The number of halogens is 2. The maximum Gasteiger partial charge on any atom is 0.120 e. The van der Waals surface area contributed by atoms with Gasteiger partial charge in [0.15, 0.2) is 0 Å². The summed E-state index contributed by atoms with van der Waals surface area (Å²) in [5.41, 5.74) is 4.39. The molecule has 2 aromatic carbocycles. The predicted octanol–water partition coefficient (Wildman–Crippen LogP) is 6.10. The summed E-state index contributed by atoms with van der Waals surface area (Å²) >= 11 is 7.10. The summed E-state index contributed by atoms with van der Waals surface area (Å²) in [6.07, 6.45) is 0.879. The molecule has 0 saturated heterocycles. The molecule has 0 spiro atoms. The fourth-order valence-corrected chi connectivity index (χ4v) is 3.64. The number of phenolic OH excluding ortho intramolecular Hbond substituents is 1. The molecule has 4 heteroatoms. The molecule has 0 fully saturated rings. The average molecular weight is 413 g/mol. The van der Waals surface area contributed by atoms with Gasteiger partial charge in [-0.25, -0.2) is 0 Å². The molecule has 0 aliphatic heterocycles. The second-order valence-electron chi connectivity index (χ2n) is 5.25. The van der Waals surface area contributed by atoms with Crippen LogP contribution >= 0.6 is 31.9 Å². The van der Waals surface area contributed by atoms with E-state index in [0.29, 0.717) is 5.75 Å². The van der Waals surface area contributed by atoms with Crippen LogP contribution in [0.5, 0.6) is 5.75 Å². The molecule has 112 valence electrons. The van der Waals surface area contributed by atoms with Gasteiger partial charge in [-0.3, -0.25) is 0 Å². The number of aromatic hydroxyl groups is 1. The van der Waals surface area contributed by atoms with Crippen molar-refractivity contribution in [3.05, 3.63) is 56.0 Å². The smallest absolute Gasteiger partial charge is 0.120 e. The summed E-state index contributed by atoms with van der Waals surface area (Å²) in [4.78, 5) is 0. The molecule has 0 heterocycles. The average Bonchev–Trinajstić information content (AvgIpc) is 2.41. The Bertz CT molecular complexity index is 632. The molecule has 1 atom stereocenters. The number of phenols is 1. The zero-order chi connectivity index (χ0) is 15.6. The lowest BCUT2D eigenvalue weighted by Gasteiger charge is -2.22. The number of aryl methyl sites for hydroxylation is 2. The Hall–Kier alpha value is -1.00. The third kappa shape index (κ3) is 3.80. The summed E-state index contributed by atoms with van der Waals surface area (Å²) in [6.45, 7) is 6.28. The second kappa shape index (κ2) is 6.84. The molecule has 1 unspecified atom stereocenters. The minimum Gasteiger partial charge on any atom is -0.508 e. The molecule has 21 heavy (non-hydrogen) atoms. The molecule has 0 radical (unpaired) electrons. The Labute approximate surface area is 142 Å². The van der Waals surface area contributed by atoms with Crippen molar-refractivity contribution in [1.82, 2.24) is 0 Å². The van der Waals surface area contributed by atoms with Crippen molar-refractivity contribution in [2.75, 3.05) is 5.32 Å². The van der Waals surface area contributed by atoms with Crippen molar-refractivity contribution in [3.63, 3.8) is 0 Å². The number of hydrogen-bond donors (Lipinski definition) is 2. The van der Waals surface area contributed by atoms with Crippen molar-refractivity contribution in [2.24, 2.45) is 0 Å². The monoisotopic (exact) mass is 411 g/mol. The van der Waals surface area contributed by atoms with Crippen LogP contribution in [-0.4, -0.2) is 5.11 Å². The molecule has 0 saturated carbocycles. The highest BCUT2D eigenvalue weighted by molar-refractivity contribution is 9.10. The first-order valence-electron chi connectivity index (χ1n) is 6.94. The van der Waals surface area contributed by atoms with E-state index >= 15 is 0 Å². The van der Waals surface area contributed by atoms with E-state index in [9.17, 15) is 5.11 Å². The van der Waals surface area contributed by atoms with Gasteiger partial charge in [0.2, 0.25) is 0 Å². The first kappa shape index (κ1) is 16.4. The lowest BCUT2D eigenvalue weighted by molar-refractivity contribution is 0.462. The molecular weight excluding hydrogens is 394 g/mol. The Morgan fingerprint density at radius 3 is 2.48 bits per heavy atom. The van der Waals surface area contributed by atoms with Crippen LogP contribution in [-0.2, 0) is 0 Å². The van der Waals surface area contributed by atoms with E-state index in [-0.39, 0.29) is 6.04 Å². The highest BCUT2D eigenvalue weighted by atomic mass is 79.9. The Morgan fingerprint density at radius 2 is 1.86 bits per heavy atom. The van der Waals surface area contributed by atoms with Crippen molar-refractivity contribution in [1.29, 1.82) is 0 Å². The summed E-state index contributed by atoms with van der Waals surface area (Å²) in [5, 5.41) is 13.7. The Kier molecular flexibility index (Phi) is 5.33. The van der Waals surface area contributed by atoms with Gasteiger partial charge in [0.1, 0.15) is 5.75 Å². The minimum atomic E-state index is 0.0557. The van der Waals surface area contributed by atoms with Crippen molar-refractivity contribution in [3.8, 4) is 5.75 Å². The molecule has 0 aliphatic carbocycles. The largest absolute Gasteiger partial charge is 0.508 e. The van der Waals surface area contributed by atoms with Crippen LogP contribution in [0.15, 0.2) is 39.3 Å². The minimum absolute atomic E-state index is 0.0557. The number of benzene rings is 2. The summed E-state index contributed by atoms with van der Waals surface area (Å²) in [5.74, 6) is 0.318. The van der Waals surface area contributed by atoms with Gasteiger partial charge in [0, 0.05) is 14.5 Å². The third-order valence-corrected chi connectivity index (χ3v) is 4.64. The van der Waals surface area contributed by atoms with Crippen LogP contribution in [0.25, 0.3) is 0 Å². The van der Waals surface area contributed by atoms with E-state index < -0.39 is 0 Å². The van der Waals surface area contributed by atoms with Crippen LogP contribution < -0.4 is 5.32 Å². The van der Waals surface area contributed by atoms with Gasteiger partial charge >= 0.3 is 0 Å². The Balaban J connectivity index is 2.38. The van der Waals surface area contributed by atoms with Crippen LogP contribution in [0, 0.1) is 13.8 Å². The van der Waals surface area contributed by atoms with E-state index in [1.54, 1.807) is 6.07 Å². The molecule has 0 bridgehead atoms. The topological polar surface area (TPSA) is 32.3 Å². The van der Waals surface area contributed by atoms with Gasteiger partial charge in [0.25, 0.3) is 0 Å². The summed E-state index contributed by atoms with van der Waals surface area (Å²) in [7, 11) is 0. The fraction of sp³-hybridized carbons (Fsp3) is 0.294. The standard InChI is InChI=1S/C17H19Br2NO/c1-4-15(13-9-12(18)5-6-16(13)21)20-17-11(3)7-10(2)8-14(17)19/h5-9,15,20-21H,4H2,1-3H3. The van der Waals surface area contributed by atoms with Crippen LogP contribution in [0.2, 0.25) is 0 Å². The summed E-state index contributed by atoms with van der Waals surface area (Å²) < 4.78 is 2.02.